The highest BCUT2D eigenvalue weighted by Crippen LogP contribution is 2.09. The van der Waals surface area contributed by atoms with Gasteiger partial charge in [-0.25, -0.2) is 0 Å². The monoisotopic (exact) mass is 236 g/mol. The summed E-state index contributed by atoms with van der Waals surface area (Å²) in [5.74, 6) is 0. The first-order valence-electron chi connectivity index (χ1n) is 5.82. The van der Waals surface area contributed by atoms with Crippen molar-refractivity contribution in [2.45, 2.75) is 39.7 Å². The Kier molecular flexibility index (Phi) is 5.26. The normalized spacial score (nSPS) is 11.9. The second kappa shape index (κ2) is 6.48. The molecule has 0 aliphatic carbocycles. The van der Waals surface area contributed by atoms with Crippen molar-refractivity contribution in [2.24, 2.45) is 0 Å². The highest BCUT2D eigenvalue weighted by Gasteiger charge is 2.01. The lowest BCUT2D eigenvalue weighted by Crippen LogP contribution is -2.35. The molecule has 0 aliphatic heterocycles. The van der Waals surface area contributed by atoms with Gasteiger partial charge in [-0.1, -0.05) is 26.0 Å². The van der Waals surface area contributed by atoms with Crippen LogP contribution in [0.1, 0.15) is 32.8 Å². The highest BCUT2D eigenvalue weighted by atomic mass is 32.1. The Morgan fingerprint density at radius 3 is 2.38 bits per heavy atom. The Hall–Kier alpha value is -1.09. The predicted molar refractivity (Wildman–Crippen MR) is 74.9 cm³/mol. The highest BCUT2D eigenvalue weighted by molar-refractivity contribution is 7.80. The van der Waals surface area contributed by atoms with E-state index in [2.05, 4.69) is 55.7 Å². The van der Waals surface area contributed by atoms with Gasteiger partial charge >= 0.3 is 0 Å². The van der Waals surface area contributed by atoms with Crippen LogP contribution in [0.4, 0.5) is 5.69 Å². The fourth-order valence-corrected chi connectivity index (χ4v) is 1.64. The first-order chi connectivity index (χ1) is 7.65. The van der Waals surface area contributed by atoms with Gasteiger partial charge in [-0.3, -0.25) is 0 Å². The van der Waals surface area contributed by atoms with Gasteiger partial charge in [0.25, 0.3) is 0 Å². The van der Waals surface area contributed by atoms with Crippen LogP contribution in [-0.2, 0) is 6.42 Å². The Morgan fingerprint density at radius 2 is 1.88 bits per heavy atom. The number of anilines is 1. The van der Waals surface area contributed by atoms with Gasteiger partial charge in [0.15, 0.2) is 5.11 Å². The molecule has 0 saturated carbocycles. The predicted octanol–water partition coefficient (Wildman–Crippen LogP) is 3.33. The van der Waals surface area contributed by atoms with Crippen molar-refractivity contribution >= 4 is 23.0 Å². The van der Waals surface area contributed by atoms with E-state index >= 15 is 0 Å². The summed E-state index contributed by atoms with van der Waals surface area (Å²) >= 11 is 5.22. The van der Waals surface area contributed by atoms with Crippen LogP contribution in [0, 0.1) is 0 Å². The summed E-state index contributed by atoms with van der Waals surface area (Å²) in [5.41, 5.74) is 2.38. The summed E-state index contributed by atoms with van der Waals surface area (Å²) in [6.45, 7) is 6.40. The molecule has 1 rings (SSSR count). The second-order valence-corrected chi connectivity index (χ2v) is 4.37. The molecule has 0 saturated heterocycles. The summed E-state index contributed by atoms with van der Waals surface area (Å²) < 4.78 is 0. The minimum absolute atomic E-state index is 0.412. The standard InChI is InChI=1S/C13H20N2S/c1-4-10(3)14-13(16)15-12-8-6-11(5-2)7-9-12/h6-10H,4-5H2,1-3H3,(H2,14,15,16). The van der Waals surface area contributed by atoms with E-state index in [0.29, 0.717) is 11.2 Å². The van der Waals surface area contributed by atoms with Crippen LogP contribution in [0.15, 0.2) is 24.3 Å². The third-order valence-corrected chi connectivity index (χ3v) is 2.83. The van der Waals surface area contributed by atoms with Gasteiger partial charge < -0.3 is 10.6 Å². The molecule has 3 heteroatoms. The van der Waals surface area contributed by atoms with Gasteiger partial charge in [0, 0.05) is 11.7 Å². The first-order valence-corrected chi connectivity index (χ1v) is 6.23. The van der Waals surface area contributed by atoms with E-state index in [1.54, 1.807) is 0 Å². The average Bonchev–Trinajstić information content (AvgIpc) is 2.29. The zero-order chi connectivity index (χ0) is 12.0. The molecule has 0 aromatic heterocycles. The number of hydrogen-bond donors (Lipinski definition) is 2. The van der Waals surface area contributed by atoms with Crippen LogP contribution in [0.25, 0.3) is 0 Å². The van der Waals surface area contributed by atoms with Crippen LogP contribution in [0.5, 0.6) is 0 Å². The summed E-state index contributed by atoms with van der Waals surface area (Å²) in [6.07, 6.45) is 2.13. The Balaban J connectivity index is 2.49. The van der Waals surface area contributed by atoms with Crippen molar-refractivity contribution in [1.82, 2.24) is 5.32 Å². The number of benzene rings is 1. The van der Waals surface area contributed by atoms with Crippen molar-refractivity contribution < 1.29 is 0 Å². The molecule has 2 nitrogen and oxygen atoms in total. The molecule has 1 atom stereocenters. The van der Waals surface area contributed by atoms with Gasteiger partial charge in [0.1, 0.15) is 0 Å². The molecule has 0 aliphatic rings. The number of hydrogen-bond acceptors (Lipinski definition) is 1. The average molecular weight is 236 g/mol. The van der Waals surface area contributed by atoms with Crippen LogP contribution in [0.3, 0.4) is 0 Å². The lowest BCUT2D eigenvalue weighted by Gasteiger charge is -2.15. The first kappa shape index (κ1) is 13.0. The Bertz CT molecular complexity index is 332. The van der Waals surface area contributed by atoms with Crippen LogP contribution >= 0.6 is 12.2 Å². The van der Waals surface area contributed by atoms with Gasteiger partial charge in [-0.05, 0) is 49.7 Å². The van der Waals surface area contributed by atoms with Crippen molar-refractivity contribution in [2.75, 3.05) is 5.32 Å². The van der Waals surface area contributed by atoms with Gasteiger partial charge in [-0.2, -0.15) is 0 Å². The molecular weight excluding hydrogens is 216 g/mol. The maximum absolute atomic E-state index is 5.22. The zero-order valence-corrected chi connectivity index (χ0v) is 11.0. The summed E-state index contributed by atoms with van der Waals surface area (Å²) in [6, 6.07) is 8.77. The molecule has 1 aromatic rings. The van der Waals surface area contributed by atoms with Gasteiger partial charge in [0.2, 0.25) is 0 Å². The molecule has 0 amide bonds. The molecule has 0 bridgehead atoms. The van der Waals surface area contributed by atoms with Crippen molar-refractivity contribution in [3.63, 3.8) is 0 Å². The quantitative estimate of drug-likeness (QED) is 0.784. The minimum Gasteiger partial charge on any atom is -0.360 e. The molecule has 1 unspecified atom stereocenters. The second-order valence-electron chi connectivity index (χ2n) is 3.96. The Labute approximate surface area is 103 Å². The van der Waals surface area contributed by atoms with Crippen LogP contribution in [0.2, 0.25) is 0 Å². The Morgan fingerprint density at radius 1 is 1.25 bits per heavy atom. The third kappa shape index (κ3) is 4.19. The SMILES string of the molecule is CCc1ccc(NC(=S)NC(C)CC)cc1. The van der Waals surface area contributed by atoms with Crippen molar-refractivity contribution in [3.8, 4) is 0 Å². The minimum atomic E-state index is 0.412. The number of thiocarbonyl (C=S) groups is 1. The smallest absolute Gasteiger partial charge is 0.170 e. The molecule has 2 N–H and O–H groups in total. The number of rotatable bonds is 4. The lowest BCUT2D eigenvalue weighted by atomic mass is 10.1. The molecule has 0 heterocycles. The molecule has 0 spiro atoms. The lowest BCUT2D eigenvalue weighted by molar-refractivity contribution is 0.646. The summed E-state index contributed by atoms with van der Waals surface area (Å²) in [7, 11) is 0. The maximum Gasteiger partial charge on any atom is 0.170 e. The third-order valence-electron chi connectivity index (χ3n) is 2.61. The van der Waals surface area contributed by atoms with Gasteiger partial charge in [-0.15, -0.1) is 0 Å². The van der Waals surface area contributed by atoms with E-state index in [1.807, 2.05) is 0 Å². The molecular formula is C13H20N2S. The zero-order valence-electron chi connectivity index (χ0n) is 10.2. The van der Waals surface area contributed by atoms with E-state index < -0.39 is 0 Å². The van der Waals surface area contributed by atoms with E-state index in [1.165, 1.54) is 5.56 Å². The maximum atomic E-state index is 5.22. The summed E-state index contributed by atoms with van der Waals surface area (Å²) in [4.78, 5) is 0. The van der Waals surface area contributed by atoms with Crippen LogP contribution in [-0.4, -0.2) is 11.2 Å². The topological polar surface area (TPSA) is 24.1 Å². The van der Waals surface area contributed by atoms with Crippen molar-refractivity contribution in [1.29, 1.82) is 0 Å². The molecule has 1 aromatic carbocycles. The molecule has 88 valence electrons. The van der Waals surface area contributed by atoms with Crippen LogP contribution < -0.4 is 10.6 Å². The molecule has 0 fully saturated rings. The summed E-state index contributed by atoms with van der Waals surface area (Å²) in [5, 5.41) is 7.10. The van der Waals surface area contributed by atoms with E-state index in [-0.39, 0.29) is 0 Å². The fraction of sp³-hybridized carbons (Fsp3) is 0.462. The number of nitrogens with one attached hydrogen (secondary N) is 2. The molecule has 16 heavy (non-hydrogen) atoms. The largest absolute Gasteiger partial charge is 0.360 e. The van der Waals surface area contributed by atoms with Gasteiger partial charge in [0.05, 0.1) is 0 Å². The van der Waals surface area contributed by atoms with E-state index in [4.69, 9.17) is 12.2 Å². The van der Waals surface area contributed by atoms with E-state index in [0.717, 1.165) is 18.5 Å². The van der Waals surface area contributed by atoms with E-state index in [9.17, 15) is 0 Å². The fourth-order valence-electron chi connectivity index (χ4n) is 1.32. The number of aryl methyl sites for hydroxylation is 1. The molecule has 0 radical (unpaired) electrons. The van der Waals surface area contributed by atoms with Crippen molar-refractivity contribution in [3.05, 3.63) is 29.8 Å².